The van der Waals surface area contributed by atoms with Gasteiger partial charge in [-0.25, -0.2) is 13.1 Å². The van der Waals surface area contributed by atoms with Crippen LogP contribution in [0.4, 0.5) is 0 Å². The van der Waals surface area contributed by atoms with Crippen molar-refractivity contribution in [2.75, 3.05) is 6.61 Å². The fraction of sp³-hybridized carbons (Fsp3) is 0.312. The summed E-state index contributed by atoms with van der Waals surface area (Å²) in [5, 5.41) is 0. The minimum atomic E-state index is -3.60. The van der Waals surface area contributed by atoms with Gasteiger partial charge in [-0.2, -0.15) is 0 Å². The molecule has 6 heteroatoms. The second kappa shape index (κ2) is 6.89. The maximum Gasteiger partial charge on any atom is 0.241 e. The average molecular weight is 320 g/mol. The lowest BCUT2D eigenvalue weighted by Crippen LogP contribution is -2.27. The van der Waals surface area contributed by atoms with Crippen LogP contribution in [0, 0.1) is 6.92 Å². The maximum atomic E-state index is 12.5. The van der Waals surface area contributed by atoms with Gasteiger partial charge in [-0.05, 0) is 56.2 Å². The van der Waals surface area contributed by atoms with Crippen molar-refractivity contribution in [3.8, 4) is 5.75 Å². The third kappa shape index (κ3) is 3.84. The van der Waals surface area contributed by atoms with Gasteiger partial charge in [0, 0.05) is 18.4 Å². The Morgan fingerprint density at radius 1 is 1.32 bits per heavy atom. The van der Waals surface area contributed by atoms with Crippen LogP contribution in [0.15, 0.2) is 47.6 Å². The van der Waals surface area contributed by atoms with E-state index in [4.69, 9.17) is 4.74 Å². The smallest absolute Gasteiger partial charge is 0.241 e. The monoisotopic (exact) mass is 320 g/mol. The third-order valence-electron chi connectivity index (χ3n) is 3.26. The molecular formula is C16H20N2O3S. The van der Waals surface area contributed by atoms with E-state index in [1.54, 1.807) is 50.5 Å². The minimum Gasteiger partial charge on any atom is -0.494 e. The van der Waals surface area contributed by atoms with E-state index in [0.717, 1.165) is 5.56 Å². The number of rotatable bonds is 6. The number of benzene rings is 1. The van der Waals surface area contributed by atoms with Gasteiger partial charge >= 0.3 is 0 Å². The lowest BCUT2D eigenvalue weighted by molar-refractivity contribution is 0.339. The standard InChI is InChI=1S/C16H20N2O3S/c1-4-21-15-7-8-16(12(2)10-15)22(19,20)18-13(3)14-6-5-9-17-11-14/h5-11,13,18H,4H2,1-3H3/t13-/m0/s1. The van der Waals surface area contributed by atoms with Crippen LogP contribution >= 0.6 is 0 Å². The third-order valence-corrected chi connectivity index (χ3v) is 4.96. The number of sulfonamides is 1. The Hall–Kier alpha value is -1.92. The Balaban J connectivity index is 2.23. The van der Waals surface area contributed by atoms with Crippen molar-refractivity contribution in [3.05, 3.63) is 53.9 Å². The molecule has 1 aromatic carbocycles. The lowest BCUT2D eigenvalue weighted by atomic mass is 10.2. The van der Waals surface area contributed by atoms with E-state index in [0.29, 0.717) is 17.9 Å². The topological polar surface area (TPSA) is 68.3 Å². The van der Waals surface area contributed by atoms with Gasteiger partial charge in [0.2, 0.25) is 10.0 Å². The second-order valence-corrected chi connectivity index (χ2v) is 6.67. The fourth-order valence-corrected chi connectivity index (χ4v) is 3.63. The number of aryl methyl sites for hydroxylation is 1. The first-order valence-electron chi connectivity index (χ1n) is 7.09. The highest BCUT2D eigenvalue weighted by atomic mass is 32.2. The van der Waals surface area contributed by atoms with Crippen LogP contribution in [-0.2, 0) is 10.0 Å². The molecule has 22 heavy (non-hydrogen) atoms. The summed E-state index contributed by atoms with van der Waals surface area (Å²) in [5.74, 6) is 0.666. The lowest BCUT2D eigenvalue weighted by Gasteiger charge is -2.16. The molecule has 2 aromatic rings. The van der Waals surface area contributed by atoms with Gasteiger partial charge in [0.15, 0.2) is 0 Å². The van der Waals surface area contributed by atoms with Crippen molar-refractivity contribution in [3.63, 3.8) is 0 Å². The number of nitrogens with zero attached hydrogens (tertiary/aromatic N) is 1. The molecule has 0 aliphatic rings. The van der Waals surface area contributed by atoms with Crippen LogP contribution in [0.5, 0.6) is 5.75 Å². The summed E-state index contributed by atoms with van der Waals surface area (Å²) in [7, 11) is -3.60. The zero-order valence-electron chi connectivity index (χ0n) is 12.9. The summed E-state index contributed by atoms with van der Waals surface area (Å²) in [6, 6.07) is 8.23. The van der Waals surface area contributed by atoms with E-state index in [1.165, 1.54) is 0 Å². The van der Waals surface area contributed by atoms with Crippen LogP contribution in [0.2, 0.25) is 0 Å². The molecule has 0 amide bonds. The van der Waals surface area contributed by atoms with E-state index >= 15 is 0 Å². The summed E-state index contributed by atoms with van der Waals surface area (Å²) >= 11 is 0. The number of hydrogen-bond acceptors (Lipinski definition) is 4. The van der Waals surface area contributed by atoms with Crippen molar-refractivity contribution in [2.45, 2.75) is 31.7 Å². The van der Waals surface area contributed by atoms with Gasteiger partial charge in [-0.15, -0.1) is 0 Å². The molecule has 1 aromatic heterocycles. The summed E-state index contributed by atoms with van der Waals surface area (Å²) in [6.45, 7) is 5.98. The molecule has 1 atom stereocenters. The molecule has 5 nitrogen and oxygen atoms in total. The highest BCUT2D eigenvalue weighted by Gasteiger charge is 2.20. The molecule has 0 saturated heterocycles. The van der Waals surface area contributed by atoms with E-state index in [9.17, 15) is 8.42 Å². The molecule has 1 N–H and O–H groups in total. The number of pyridine rings is 1. The Morgan fingerprint density at radius 2 is 2.09 bits per heavy atom. The minimum absolute atomic E-state index is 0.256. The van der Waals surface area contributed by atoms with Gasteiger partial charge in [-0.1, -0.05) is 6.07 Å². The predicted octanol–water partition coefficient (Wildman–Crippen LogP) is 2.83. The Kier molecular flexibility index (Phi) is 5.15. The summed E-state index contributed by atoms with van der Waals surface area (Å²) in [4.78, 5) is 4.26. The summed E-state index contributed by atoms with van der Waals surface area (Å²) in [6.07, 6.45) is 3.31. The number of aromatic nitrogens is 1. The first-order chi connectivity index (χ1) is 10.4. The van der Waals surface area contributed by atoms with Gasteiger partial charge in [0.25, 0.3) is 0 Å². The average Bonchev–Trinajstić information content (AvgIpc) is 2.48. The van der Waals surface area contributed by atoms with Crippen LogP contribution in [0.25, 0.3) is 0 Å². The predicted molar refractivity (Wildman–Crippen MR) is 85.3 cm³/mol. The number of ether oxygens (including phenoxy) is 1. The number of nitrogens with one attached hydrogen (secondary N) is 1. The van der Waals surface area contributed by atoms with E-state index in [1.807, 2.05) is 13.0 Å². The number of hydrogen-bond donors (Lipinski definition) is 1. The van der Waals surface area contributed by atoms with Crippen molar-refractivity contribution >= 4 is 10.0 Å². The molecular weight excluding hydrogens is 300 g/mol. The summed E-state index contributed by atoms with van der Waals surface area (Å²) < 4.78 is 33.1. The van der Waals surface area contributed by atoms with Gasteiger partial charge in [0.1, 0.15) is 5.75 Å². The van der Waals surface area contributed by atoms with Crippen molar-refractivity contribution in [1.29, 1.82) is 0 Å². The van der Waals surface area contributed by atoms with Crippen LogP contribution in [-0.4, -0.2) is 20.0 Å². The first-order valence-corrected chi connectivity index (χ1v) is 8.58. The molecule has 0 saturated carbocycles. The highest BCUT2D eigenvalue weighted by Crippen LogP contribution is 2.23. The van der Waals surface area contributed by atoms with Crippen molar-refractivity contribution in [2.24, 2.45) is 0 Å². The van der Waals surface area contributed by atoms with Crippen molar-refractivity contribution in [1.82, 2.24) is 9.71 Å². The van der Waals surface area contributed by atoms with Gasteiger partial charge in [-0.3, -0.25) is 4.98 Å². The molecule has 0 unspecified atom stereocenters. The molecule has 0 fully saturated rings. The van der Waals surface area contributed by atoms with E-state index < -0.39 is 10.0 Å². The molecule has 2 rings (SSSR count). The largest absolute Gasteiger partial charge is 0.494 e. The normalized spacial score (nSPS) is 12.9. The van der Waals surface area contributed by atoms with Crippen LogP contribution in [0.3, 0.4) is 0 Å². The van der Waals surface area contributed by atoms with E-state index in [-0.39, 0.29) is 10.9 Å². The molecule has 0 radical (unpaired) electrons. The van der Waals surface area contributed by atoms with Gasteiger partial charge < -0.3 is 4.74 Å². The molecule has 118 valence electrons. The Bertz CT molecular complexity index is 730. The molecule has 0 bridgehead atoms. The van der Waals surface area contributed by atoms with Gasteiger partial charge in [0.05, 0.1) is 11.5 Å². The first kappa shape index (κ1) is 16.5. The van der Waals surface area contributed by atoms with Crippen LogP contribution in [0.1, 0.15) is 31.0 Å². The molecule has 1 heterocycles. The SMILES string of the molecule is CCOc1ccc(S(=O)(=O)N[C@@H](C)c2cccnc2)c(C)c1. The van der Waals surface area contributed by atoms with Crippen molar-refractivity contribution < 1.29 is 13.2 Å². The molecule has 0 aliphatic carbocycles. The molecule has 0 spiro atoms. The maximum absolute atomic E-state index is 12.5. The Labute approximate surface area is 131 Å². The zero-order chi connectivity index (χ0) is 16.2. The molecule has 0 aliphatic heterocycles. The summed E-state index contributed by atoms with van der Waals surface area (Å²) in [5.41, 5.74) is 1.46. The highest BCUT2D eigenvalue weighted by molar-refractivity contribution is 7.89. The Morgan fingerprint density at radius 3 is 2.68 bits per heavy atom. The van der Waals surface area contributed by atoms with Crippen LogP contribution < -0.4 is 9.46 Å². The second-order valence-electron chi connectivity index (χ2n) is 4.99. The quantitative estimate of drug-likeness (QED) is 0.888. The fourth-order valence-electron chi connectivity index (χ4n) is 2.18. The van der Waals surface area contributed by atoms with E-state index in [2.05, 4.69) is 9.71 Å². The zero-order valence-corrected chi connectivity index (χ0v) is 13.7.